The van der Waals surface area contributed by atoms with Gasteiger partial charge in [0.05, 0.1) is 6.54 Å². The fourth-order valence-corrected chi connectivity index (χ4v) is 1.79. The quantitative estimate of drug-likeness (QED) is 0.787. The van der Waals surface area contributed by atoms with Crippen molar-refractivity contribution in [1.82, 2.24) is 5.32 Å². The van der Waals surface area contributed by atoms with Crippen molar-refractivity contribution in [3.63, 3.8) is 0 Å². The predicted molar refractivity (Wildman–Crippen MR) is 83.4 cm³/mol. The van der Waals surface area contributed by atoms with Crippen molar-refractivity contribution in [2.45, 2.75) is 0 Å². The number of hydrogen-bond acceptors (Lipinski definition) is 3. The molecule has 5 nitrogen and oxygen atoms in total. The highest BCUT2D eigenvalue weighted by atomic mass is 16.2. The van der Waals surface area contributed by atoms with E-state index >= 15 is 0 Å². The van der Waals surface area contributed by atoms with Crippen molar-refractivity contribution < 1.29 is 9.59 Å². The highest BCUT2D eigenvalue weighted by Gasteiger charge is 2.05. The normalized spacial score (nSPS) is 9.76. The summed E-state index contributed by atoms with van der Waals surface area (Å²) in [5, 5.41) is 8.33. The molecule has 0 bridgehead atoms. The Labute approximate surface area is 123 Å². The van der Waals surface area contributed by atoms with E-state index in [0.29, 0.717) is 11.3 Å². The van der Waals surface area contributed by atoms with Gasteiger partial charge in [0, 0.05) is 24.0 Å². The Morgan fingerprint density at radius 2 is 1.57 bits per heavy atom. The second-order valence-electron chi connectivity index (χ2n) is 4.42. The Balaban J connectivity index is 1.86. The van der Waals surface area contributed by atoms with Crippen LogP contribution < -0.4 is 16.0 Å². The van der Waals surface area contributed by atoms with Gasteiger partial charge in [-0.05, 0) is 36.4 Å². The highest BCUT2D eigenvalue weighted by molar-refractivity contribution is 5.96. The lowest BCUT2D eigenvalue weighted by atomic mass is 10.2. The zero-order valence-electron chi connectivity index (χ0n) is 11.7. The molecular formula is C16H17N3O2. The fourth-order valence-electron chi connectivity index (χ4n) is 1.79. The number of para-hydroxylation sites is 1. The molecule has 0 aliphatic rings. The topological polar surface area (TPSA) is 70.2 Å². The minimum atomic E-state index is -0.154. The number of carbonyl (C=O) groups is 2. The van der Waals surface area contributed by atoms with Crippen molar-refractivity contribution in [3.8, 4) is 0 Å². The molecule has 2 rings (SSSR count). The third kappa shape index (κ3) is 4.35. The Morgan fingerprint density at radius 3 is 2.19 bits per heavy atom. The molecule has 108 valence electrons. The van der Waals surface area contributed by atoms with Gasteiger partial charge in [0.1, 0.15) is 0 Å². The van der Waals surface area contributed by atoms with E-state index in [0.717, 1.165) is 5.69 Å². The molecule has 5 heteroatoms. The van der Waals surface area contributed by atoms with Gasteiger partial charge in [0.15, 0.2) is 0 Å². The van der Waals surface area contributed by atoms with Crippen molar-refractivity contribution in [2.75, 3.05) is 24.2 Å². The van der Waals surface area contributed by atoms with Crippen LogP contribution in [0.3, 0.4) is 0 Å². The standard InChI is InChI=1S/C16H17N3O2/c1-17-16(21)12-7-9-14(10-8-12)19-15(20)11-18-13-5-3-2-4-6-13/h2-10,18H,11H2,1H3,(H,17,21)(H,19,20). The molecule has 0 atom stereocenters. The average molecular weight is 283 g/mol. The van der Waals surface area contributed by atoms with Crippen LogP contribution in [0.25, 0.3) is 0 Å². The average Bonchev–Trinajstić information content (AvgIpc) is 2.54. The van der Waals surface area contributed by atoms with Crippen molar-refractivity contribution in [3.05, 3.63) is 60.2 Å². The molecule has 0 fully saturated rings. The van der Waals surface area contributed by atoms with E-state index in [1.807, 2.05) is 30.3 Å². The molecule has 21 heavy (non-hydrogen) atoms. The maximum absolute atomic E-state index is 11.8. The molecule has 0 spiro atoms. The summed E-state index contributed by atoms with van der Waals surface area (Å²) in [6.45, 7) is 0.182. The van der Waals surface area contributed by atoms with Gasteiger partial charge in [-0.1, -0.05) is 18.2 Å². The molecule has 0 heterocycles. The number of benzene rings is 2. The van der Waals surface area contributed by atoms with Crippen molar-refractivity contribution >= 4 is 23.2 Å². The Bertz CT molecular complexity index is 609. The lowest BCUT2D eigenvalue weighted by Gasteiger charge is -2.08. The van der Waals surface area contributed by atoms with Gasteiger partial charge < -0.3 is 16.0 Å². The largest absolute Gasteiger partial charge is 0.376 e. The van der Waals surface area contributed by atoms with E-state index in [-0.39, 0.29) is 18.4 Å². The Hall–Kier alpha value is -2.82. The first-order valence-corrected chi connectivity index (χ1v) is 6.60. The van der Waals surface area contributed by atoms with E-state index in [4.69, 9.17) is 0 Å². The maximum atomic E-state index is 11.8. The second kappa shape index (κ2) is 7.09. The second-order valence-corrected chi connectivity index (χ2v) is 4.42. The molecule has 0 unspecified atom stereocenters. The zero-order chi connectivity index (χ0) is 15.1. The van der Waals surface area contributed by atoms with Gasteiger partial charge in [-0.25, -0.2) is 0 Å². The number of amides is 2. The zero-order valence-corrected chi connectivity index (χ0v) is 11.7. The summed E-state index contributed by atoms with van der Waals surface area (Å²) in [5.41, 5.74) is 2.10. The van der Waals surface area contributed by atoms with Crippen LogP contribution in [-0.4, -0.2) is 25.4 Å². The van der Waals surface area contributed by atoms with Gasteiger partial charge in [0.2, 0.25) is 5.91 Å². The Morgan fingerprint density at radius 1 is 0.905 bits per heavy atom. The summed E-state index contributed by atoms with van der Waals surface area (Å²) in [5.74, 6) is -0.301. The fraction of sp³-hybridized carbons (Fsp3) is 0.125. The van der Waals surface area contributed by atoms with Crippen LogP contribution in [0.1, 0.15) is 10.4 Å². The van der Waals surface area contributed by atoms with Gasteiger partial charge in [0.25, 0.3) is 5.91 Å². The van der Waals surface area contributed by atoms with Crippen molar-refractivity contribution in [1.29, 1.82) is 0 Å². The van der Waals surface area contributed by atoms with Gasteiger partial charge >= 0.3 is 0 Å². The van der Waals surface area contributed by atoms with Gasteiger partial charge in [-0.3, -0.25) is 9.59 Å². The summed E-state index contributed by atoms with van der Waals surface area (Å²) >= 11 is 0. The highest BCUT2D eigenvalue weighted by Crippen LogP contribution is 2.10. The molecule has 0 aliphatic heterocycles. The van der Waals surface area contributed by atoms with Gasteiger partial charge in [-0.15, -0.1) is 0 Å². The number of rotatable bonds is 5. The molecule has 0 saturated carbocycles. The smallest absolute Gasteiger partial charge is 0.251 e. The summed E-state index contributed by atoms with van der Waals surface area (Å²) < 4.78 is 0. The third-order valence-corrected chi connectivity index (χ3v) is 2.88. The molecule has 2 amide bonds. The van der Waals surface area contributed by atoms with E-state index in [9.17, 15) is 9.59 Å². The van der Waals surface area contributed by atoms with E-state index in [1.165, 1.54) is 0 Å². The summed E-state index contributed by atoms with van der Waals surface area (Å²) in [4.78, 5) is 23.2. The summed E-state index contributed by atoms with van der Waals surface area (Å²) in [6.07, 6.45) is 0. The molecule has 0 radical (unpaired) electrons. The van der Waals surface area contributed by atoms with Crippen molar-refractivity contribution in [2.24, 2.45) is 0 Å². The van der Waals surface area contributed by atoms with Crippen LogP contribution in [0.2, 0.25) is 0 Å². The van der Waals surface area contributed by atoms with Crippen LogP contribution in [0.5, 0.6) is 0 Å². The SMILES string of the molecule is CNC(=O)c1ccc(NC(=O)CNc2ccccc2)cc1. The minimum Gasteiger partial charge on any atom is -0.376 e. The van der Waals surface area contributed by atoms with Crippen LogP contribution in [0.15, 0.2) is 54.6 Å². The van der Waals surface area contributed by atoms with Crippen LogP contribution >= 0.6 is 0 Å². The molecule has 0 aliphatic carbocycles. The molecule has 3 N–H and O–H groups in total. The number of nitrogens with one attached hydrogen (secondary N) is 3. The third-order valence-electron chi connectivity index (χ3n) is 2.88. The lowest BCUT2D eigenvalue weighted by Crippen LogP contribution is -2.22. The summed E-state index contributed by atoms with van der Waals surface area (Å²) in [7, 11) is 1.58. The molecule has 2 aromatic rings. The van der Waals surface area contributed by atoms with Crippen LogP contribution in [0.4, 0.5) is 11.4 Å². The Kier molecular flexibility index (Phi) is 4.93. The molecular weight excluding hydrogens is 266 g/mol. The lowest BCUT2D eigenvalue weighted by molar-refractivity contribution is -0.114. The first kappa shape index (κ1) is 14.6. The first-order valence-electron chi connectivity index (χ1n) is 6.60. The molecule has 0 aromatic heterocycles. The predicted octanol–water partition coefficient (Wildman–Crippen LogP) is 2.10. The van der Waals surface area contributed by atoms with E-state index in [1.54, 1.807) is 31.3 Å². The number of carbonyl (C=O) groups excluding carboxylic acids is 2. The molecule has 0 saturated heterocycles. The summed E-state index contributed by atoms with van der Waals surface area (Å²) in [6, 6.07) is 16.2. The van der Waals surface area contributed by atoms with E-state index < -0.39 is 0 Å². The van der Waals surface area contributed by atoms with Crippen LogP contribution in [-0.2, 0) is 4.79 Å². The minimum absolute atomic E-state index is 0.147. The molecule has 2 aromatic carbocycles. The van der Waals surface area contributed by atoms with Gasteiger partial charge in [-0.2, -0.15) is 0 Å². The number of hydrogen-bond donors (Lipinski definition) is 3. The first-order chi connectivity index (χ1) is 10.2. The van der Waals surface area contributed by atoms with E-state index in [2.05, 4.69) is 16.0 Å². The monoisotopic (exact) mass is 283 g/mol. The number of anilines is 2. The van der Waals surface area contributed by atoms with Crippen LogP contribution in [0, 0.1) is 0 Å². The maximum Gasteiger partial charge on any atom is 0.251 e.